The van der Waals surface area contributed by atoms with Gasteiger partial charge in [-0.1, -0.05) is 31.2 Å². The fraction of sp³-hybridized carbons (Fsp3) is 0.364. The fourth-order valence-corrected chi connectivity index (χ4v) is 3.43. The third kappa shape index (κ3) is 4.48. The van der Waals surface area contributed by atoms with Gasteiger partial charge in [0.15, 0.2) is 0 Å². The SMILES string of the molecule is CCCN1CC(NC(=O)c2cccc(-c3cccc(N(C)C)c3)c2)CC1=O. The standard InChI is InChI=1S/C22H27N3O2/c1-4-11-25-15-19(14-21(25)26)23-22(27)18-9-5-7-16(12-18)17-8-6-10-20(13-17)24(2)3/h5-10,12-13,19H,4,11,14-15H2,1-3H3,(H,23,27). The lowest BCUT2D eigenvalue weighted by Gasteiger charge is -2.16. The van der Waals surface area contributed by atoms with Gasteiger partial charge in [0.05, 0.1) is 6.04 Å². The molecule has 0 spiro atoms. The van der Waals surface area contributed by atoms with Gasteiger partial charge < -0.3 is 15.1 Å². The number of hydrogen-bond donors (Lipinski definition) is 1. The summed E-state index contributed by atoms with van der Waals surface area (Å²) in [6.07, 6.45) is 1.32. The predicted molar refractivity (Wildman–Crippen MR) is 109 cm³/mol. The number of rotatable bonds is 6. The zero-order chi connectivity index (χ0) is 19.4. The van der Waals surface area contributed by atoms with Crippen molar-refractivity contribution in [2.75, 3.05) is 32.1 Å². The van der Waals surface area contributed by atoms with Gasteiger partial charge in [-0.15, -0.1) is 0 Å². The molecule has 0 radical (unpaired) electrons. The average molecular weight is 365 g/mol. The van der Waals surface area contributed by atoms with Crippen molar-refractivity contribution in [3.63, 3.8) is 0 Å². The summed E-state index contributed by atoms with van der Waals surface area (Å²) in [7, 11) is 4.02. The summed E-state index contributed by atoms with van der Waals surface area (Å²) in [5.41, 5.74) is 3.80. The van der Waals surface area contributed by atoms with Crippen molar-refractivity contribution in [2.24, 2.45) is 0 Å². The molecule has 142 valence electrons. The molecule has 5 heteroatoms. The molecule has 1 heterocycles. The topological polar surface area (TPSA) is 52.7 Å². The number of likely N-dealkylation sites (tertiary alicyclic amines) is 1. The van der Waals surface area contributed by atoms with E-state index >= 15 is 0 Å². The molecule has 0 bridgehead atoms. The van der Waals surface area contributed by atoms with Crippen LogP contribution in [-0.4, -0.2) is 49.9 Å². The smallest absolute Gasteiger partial charge is 0.251 e. The Hall–Kier alpha value is -2.82. The molecule has 1 fully saturated rings. The number of anilines is 1. The van der Waals surface area contributed by atoms with Crippen LogP contribution in [0.15, 0.2) is 48.5 Å². The lowest BCUT2D eigenvalue weighted by Crippen LogP contribution is -2.37. The van der Waals surface area contributed by atoms with E-state index in [0.717, 1.165) is 29.8 Å². The molecule has 1 aliphatic rings. The van der Waals surface area contributed by atoms with Crippen LogP contribution in [0.1, 0.15) is 30.1 Å². The Morgan fingerprint density at radius 1 is 1.15 bits per heavy atom. The van der Waals surface area contributed by atoms with E-state index in [4.69, 9.17) is 0 Å². The van der Waals surface area contributed by atoms with Crippen LogP contribution in [0.25, 0.3) is 11.1 Å². The molecular weight excluding hydrogens is 338 g/mol. The second kappa shape index (κ2) is 8.25. The van der Waals surface area contributed by atoms with Gasteiger partial charge in [-0.3, -0.25) is 9.59 Å². The van der Waals surface area contributed by atoms with Crippen molar-refractivity contribution >= 4 is 17.5 Å². The predicted octanol–water partition coefficient (Wildman–Crippen LogP) is 3.16. The van der Waals surface area contributed by atoms with Gasteiger partial charge in [-0.05, 0) is 41.8 Å². The van der Waals surface area contributed by atoms with Crippen molar-refractivity contribution in [2.45, 2.75) is 25.8 Å². The van der Waals surface area contributed by atoms with Gasteiger partial charge in [0, 0.05) is 44.9 Å². The number of nitrogens with zero attached hydrogens (tertiary/aromatic N) is 2. The van der Waals surface area contributed by atoms with Crippen LogP contribution < -0.4 is 10.2 Å². The molecule has 1 saturated heterocycles. The maximum atomic E-state index is 12.7. The van der Waals surface area contributed by atoms with E-state index in [1.165, 1.54) is 0 Å². The average Bonchev–Trinajstić information content (AvgIpc) is 3.01. The molecule has 2 amide bonds. The number of carbonyl (C=O) groups excluding carboxylic acids is 2. The Morgan fingerprint density at radius 2 is 1.85 bits per heavy atom. The first kappa shape index (κ1) is 19.0. The van der Waals surface area contributed by atoms with Crippen molar-refractivity contribution in [3.8, 4) is 11.1 Å². The largest absolute Gasteiger partial charge is 0.378 e. The lowest BCUT2D eigenvalue weighted by molar-refractivity contribution is -0.127. The number of hydrogen-bond acceptors (Lipinski definition) is 3. The Kier molecular flexibility index (Phi) is 5.79. The van der Waals surface area contributed by atoms with Gasteiger partial charge in [-0.2, -0.15) is 0 Å². The summed E-state index contributed by atoms with van der Waals surface area (Å²) < 4.78 is 0. The first-order valence-electron chi connectivity index (χ1n) is 9.44. The highest BCUT2D eigenvalue weighted by molar-refractivity contribution is 5.96. The highest BCUT2D eigenvalue weighted by Gasteiger charge is 2.30. The Balaban J connectivity index is 1.73. The number of nitrogens with one attached hydrogen (secondary N) is 1. The van der Waals surface area contributed by atoms with Crippen LogP contribution in [0.4, 0.5) is 5.69 Å². The third-order valence-corrected chi connectivity index (χ3v) is 4.86. The van der Waals surface area contributed by atoms with Gasteiger partial charge >= 0.3 is 0 Å². The Bertz CT molecular complexity index is 832. The van der Waals surface area contributed by atoms with Crippen LogP contribution in [0.5, 0.6) is 0 Å². The molecule has 2 aromatic carbocycles. The van der Waals surface area contributed by atoms with Crippen LogP contribution in [-0.2, 0) is 4.79 Å². The molecule has 1 unspecified atom stereocenters. The zero-order valence-electron chi connectivity index (χ0n) is 16.2. The molecule has 27 heavy (non-hydrogen) atoms. The van der Waals surface area contributed by atoms with Gasteiger partial charge in [0.2, 0.25) is 5.91 Å². The van der Waals surface area contributed by atoms with E-state index in [2.05, 4.69) is 29.3 Å². The Morgan fingerprint density at radius 3 is 2.56 bits per heavy atom. The van der Waals surface area contributed by atoms with Gasteiger partial charge in [0.25, 0.3) is 5.91 Å². The molecule has 2 aromatic rings. The minimum Gasteiger partial charge on any atom is -0.378 e. The molecule has 1 N–H and O–H groups in total. The van der Waals surface area contributed by atoms with Crippen LogP contribution in [0.3, 0.4) is 0 Å². The van der Waals surface area contributed by atoms with Gasteiger partial charge in [-0.25, -0.2) is 0 Å². The normalized spacial score (nSPS) is 16.5. The maximum absolute atomic E-state index is 12.7. The summed E-state index contributed by atoms with van der Waals surface area (Å²) in [6.45, 7) is 3.40. The Labute approximate surface area is 161 Å². The molecular formula is C22H27N3O2. The highest BCUT2D eigenvalue weighted by Crippen LogP contribution is 2.25. The molecule has 0 aromatic heterocycles. The summed E-state index contributed by atoms with van der Waals surface area (Å²) in [4.78, 5) is 28.6. The maximum Gasteiger partial charge on any atom is 0.251 e. The number of amides is 2. The lowest BCUT2D eigenvalue weighted by atomic mass is 10.0. The third-order valence-electron chi connectivity index (χ3n) is 4.86. The first-order chi connectivity index (χ1) is 13.0. The molecule has 1 atom stereocenters. The van der Waals surface area contributed by atoms with E-state index in [1.807, 2.05) is 55.4 Å². The summed E-state index contributed by atoms with van der Waals surface area (Å²) >= 11 is 0. The van der Waals surface area contributed by atoms with Crippen LogP contribution in [0, 0.1) is 0 Å². The van der Waals surface area contributed by atoms with Crippen molar-refractivity contribution in [3.05, 3.63) is 54.1 Å². The second-order valence-electron chi connectivity index (χ2n) is 7.24. The number of benzene rings is 2. The van der Waals surface area contributed by atoms with Gasteiger partial charge in [0.1, 0.15) is 0 Å². The van der Waals surface area contributed by atoms with E-state index in [9.17, 15) is 9.59 Å². The molecule has 0 aliphatic carbocycles. The van der Waals surface area contributed by atoms with Crippen LogP contribution in [0.2, 0.25) is 0 Å². The molecule has 1 aliphatic heterocycles. The number of carbonyl (C=O) groups is 2. The molecule has 3 rings (SSSR count). The fourth-order valence-electron chi connectivity index (χ4n) is 3.43. The van der Waals surface area contributed by atoms with E-state index in [-0.39, 0.29) is 17.9 Å². The van der Waals surface area contributed by atoms with Crippen molar-refractivity contribution in [1.82, 2.24) is 10.2 Å². The second-order valence-corrected chi connectivity index (χ2v) is 7.24. The summed E-state index contributed by atoms with van der Waals surface area (Å²) in [6, 6.07) is 15.7. The minimum absolute atomic E-state index is 0.114. The van der Waals surface area contributed by atoms with E-state index < -0.39 is 0 Å². The van der Waals surface area contributed by atoms with Crippen molar-refractivity contribution in [1.29, 1.82) is 0 Å². The highest BCUT2D eigenvalue weighted by atomic mass is 16.2. The first-order valence-corrected chi connectivity index (χ1v) is 9.44. The van der Waals surface area contributed by atoms with Crippen molar-refractivity contribution < 1.29 is 9.59 Å². The summed E-state index contributed by atoms with van der Waals surface area (Å²) in [5.74, 6) is -0.00633. The molecule has 5 nitrogen and oxygen atoms in total. The monoisotopic (exact) mass is 365 g/mol. The van der Waals surface area contributed by atoms with E-state index in [1.54, 1.807) is 0 Å². The van der Waals surface area contributed by atoms with E-state index in [0.29, 0.717) is 18.5 Å². The minimum atomic E-state index is -0.128. The molecule has 0 saturated carbocycles. The zero-order valence-corrected chi connectivity index (χ0v) is 16.2. The van der Waals surface area contributed by atoms with Crippen LogP contribution >= 0.6 is 0 Å². The summed E-state index contributed by atoms with van der Waals surface area (Å²) in [5, 5.41) is 3.01. The quantitative estimate of drug-likeness (QED) is 0.856.